The molecule has 3 N–H and O–H groups in total. The Bertz CT molecular complexity index is 701. The number of amides is 2. The molecule has 0 atom stereocenters. The quantitative estimate of drug-likeness (QED) is 0.781. The van der Waals surface area contributed by atoms with E-state index in [2.05, 4.69) is 26.6 Å². The van der Waals surface area contributed by atoms with Crippen molar-refractivity contribution < 1.29 is 14.7 Å². The molecule has 0 fully saturated rings. The fourth-order valence-corrected chi connectivity index (χ4v) is 2.19. The van der Waals surface area contributed by atoms with Gasteiger partial charge in [0.25, 0.3) is 0 Å². The topological polar surface area (TPSA) is 78.4 Å². The number of aryl methyl sites for hydroxylation is 1. The minimum absolute atomic E-state index is 0.186. The Labute approximate surface area is 130 Å². The molecule has 2 amide bonds. The normalized spacial score (nSPS) is 10.0. The van der Waals surface area contributed by atoms with Gasteiger partial charge >= 0.3 is 12.0 Å². The molecule has 0 radical (unpaired) electrons. The standard InChI is InChI=1S/C15H13BrN2O3/c1-9-7-10(14(19)20)5-6-13(9)18-15(21)17-12-4-2-3-11(16)8-12/h2-8H,1H3,(H,19,20)(H2,17,18,21). The maximum absolute atomic E-state index is 11.9. The lowest BCUT2D eigenvalue weighted by Crippen LogP contribution is -2.20. The minimum atomic E-state index is -0.997. The number of hydrogen-bond donors (Lipinski definition) is 3. The van der Waals surface area contributed by atoms with E-state index < -0.39 is 5.97 Å². The summed E-state index contributed by atoms with van der Waals surface area (Å²) in [6.45, 7) is 1.74. The third kappa shape index (κ3) is 4.06. The van der Waals surface area contributed by atoms with Crippen molar-refractivity contribution in [3.63, 3.8) is 0 Å². The van der Waals surface area contributed by atoms with Gasteiger partial charge < -0.3 is 15.7 Å². The van der Waals surface area contributed by atoms with Crippen LogP contribution in [-0.4, -0.2) is 17.1 Å². The molecular formula is C15H13BrN2O3. The van der Waals surface area contributed by atoms with E-state index in [9.17, 15) is 9.59 Å². The monoisotopic (exact) mass is 348 g/mol. The Kier molecular flexibility index (Phi) is 4.59. The van der Waals surface area contributed by atoms with Crippen molar-refractivity contribution in [3.05, 3.63) is 58.1 Å². The van der Waals surface area contributed by atoms with Gasteiger partial charge in [-0.3, -0.25) is 0 Å². The molecule has 0 saturated heterocycles. The fourth-order valence-electron chi connectivity index (χ4n) is 1.79. The summed E-state index contributed by atoms with van der Waals surface area (Å²) in [6, 6.07) is 11.4. The van der Waals surface area contributed by atoms with E-state index >= 15 is 0 Å². The molecule has 2 aromatic carbocycles. The highest BCUT2D eigenvalue weighted by Crippen LogP contribution is 2.18. The lowest BCUT2D eigenvalue weighted by atomic mass is 10.1. The van der Waals surface area contributed by atoms with E-state index in [1.807, 2.05) is 12.1 Å². The second-order valence-corrected chi connectivity index (χ2v) is 5.34. The molecule has 108 valence electrons. The first-order valence-electron chi connectivity index (χ1n) is 6.13. The maximum atomic E-state index is 11.9. The second kappa shape index (κ2) is 6.41. The van der Waals surface area contributed by atoms with Crippen molar-refractivity contribution in [1.82, 2.24) is 0 Å². The highest BCUT2D eigenvalue weighted by atomic mass is 79.9. The van der Waals surface area contributed by atoms with Crippen LogP contribution < -0.4 is 10.6 Å². The maximum Gasteiger partial charge on any atom is 0.335 e. The highest BCUT2D eigenvalue weighted by molar-refractivity contribution is 9.10. The van der Waals surface area contributed by atoms with Gasteiger partial charge in [-0.15, -0.1) is 0 Å². The van der Waals surface area contributed by atoms with Crippen LogP contribution in [0.1, 0.15) is 15.9 Å². The number of rotatable bonds is 3. The first kappa shape index (κ1) is 15.1. The zero-order valence-electron chi connectivity index (χ0n) is 11.2. The second-order valence-electron chi connectivity index (χ2n) is 4.42. The zero-order chi connectivity index (χ0) is 15.4. The molecule has 6 heteroatoms. The number of aromatic carboxylic acids is 1. The summed E-state index contributed by atoms with van der Waals surface area (Å²) >= 11 is 3.32. The third-order valence-corrected chi connectivity index (χ3v) is 3.30. The van der Waals surface area contributed by atoms with E-state index in [1.54, 1.807) is 25.1 Å². The van der Waals surface area contributed by atoms with Crippen LogP contribution in [0.15, 0.2) is 46.9 Å². The summed E-state index contributed by atoms with van der Waals surface area (Å²) in [5, 5.41) is 14.3. The molecule has 0 spiro atoms. The molecule has 0 aliphatic carbocycles. The van der Waals surface area contributed by atoms with Gasteiger partial charge in [0.15, 0.2) is 0 Å². The Balaban J connectivity index is 2.08. The summed E-state index contributed by atoms with van der Waals surface area (Å²) < 4.78 is 0.863. The van der Waals surface area contributed by atoms with Crippen molar-refractivity contribution >= 4 is 39.3 Å². The SMILES string of the molecule is Cc1cc(C(=O)O)ccc1NC(=O)Nc1cccc(Br)c1. The molecule has 2 aromatic rings. The van der Waals surface area contributed by atoms with Crippen LogP contribution in [0.5, 0.6) is 0 Å². The first-order valence-corrected chi connectivity index (χ1v) is 6.92. The number of carbonyl (C=O) groups is 2. The number of nitrogens with one attached hydrogen (secondary N) is 2. The van der Waals surface area contributed by atoms with Gasteiger partial charge in [0.2, 0.25) is 0 Å². The van der Waals surface area contributed by atoms with Gasteiger partial charge in [0.1, 0.15) is 0 Å². The van der Waals surface area contributed by atoms with Crippen LogP contribution in [0.3, 0.4) is 0 Å². The van der Waals surface area contributed by atoms with Gasteiger partial charge in [-0.05, 0) is 48.9 Å². The fraction of sp³-hybridized carbons (Fsp3) is 0.0667. The summed E-state index contributed by atoms with van der Waals surface area (Å²) in [6.07, 6.45) is 0. The van der Waals surface area contributed by atoms with E-state index in [0.717, 1.165) is 4.47 Å². The predicted molar refractivity (Wildman–Crippen MR) is 84.9 cm³/mol. The largest absolute Gasteiger partial charge is 0.478 e. The van der Waals surface area contributed by atoms with E-state index in [1.165, 1.54) is 12.1 Å². The Morgan fingerprint density at radius 3 is 2.48 bits per heavy atom. The summed E-state index contributed by atoms with van der Waals surface area (Å²) in [5.74, 6) is -0.997. The Hall–Kier alpha value is -2.34. The minimum Gasteiger partial charge on any atom is -0.478 e. The summed E-state index contributed by atoms with van der Waals surface area (Å²) in [5.41, 5.74) is 2.08. The van der Waals surface area contributed by atoms with Gasteiger partial charge in [0, 0.05) is 15.8 Å². The van der Waals surface area contributed by atoms with Gasteiger partial charge in [0.05, 0.1) is 5.56 Å². The molecule has 0 saturated carbocycles. The van der Waals surface area contributed by atoms with Crippen LogP contribution in [0.2, 0.25) is 0 Å². The molecule has 0 heterocycles. The smallest absolute Gasteiger partial charge is 0.335 e. The van der Waals surface area contributed by atoms with E-state index in [0.29, 0.717) is 16.9 Å². The number of benzene rings is 2. The molecule has 0 unspecified atom stereocenters. The van der Waals surface area contributed by atoms with E-state index in [4.69, 9.17) is 5.11 Å². The molecular weight excluding hydrogens is 336 g/mol. The summed E-state index contributed by atoms with van der Waals surface area (Å²) in [4.78, 5) is 22.8. The molecule has 5 nitrogen and oxygen atoms in total. The van der Waals surface area contributed by atoms with Crippen molar-refractivity contribution in [3.8, 4) is 0 Å². The summed E-state index contributed by atoms with van der Waals surface area (Å²) in [7, 11) is 0. The zero-order valence-corrected chi connectivity index (χ0v) is 12.8. The van der Waals surface area contributed by atoms with Gasteiger partial charge in [-0.1, -0.05) is 22.0 Å². The number of urea groups is 1. The first-order chi connectivity index (χ1) is 9.95. The number of halogens is 1. The molecule has 2 rings (SSSR count). The third-order valence-electron chi connectivity index (χ3n) is 2.80. The van der Waals surface area contributed by atoms with Crippen molar-refractivity contribution in [2.24, 2.45) is 0 Å². The van der Waals surface area contributed by atoms with Crippen LogP contribution >= 0.6 is 15.9 Å². The van der Waals surface area contributed by atoms with Gasteiger partial charge in [-0.2, -0.15) is 0 Å². The van der Waals surface area contributed by atoms with Crippen molar-refractivity contribution in [2.75, 3.05) is 10.6 Å². The number of carboxylic acids is 1. The van der Waals surface area contributed by atoms with Crippen LogP contribution in [0, 0.1) is 6.92 Å². The average molecular weight is 349 g/mol. The number of carbonyl (C=O) groups excluding carboxylic acids is 1. The van der Waals surface area contributed by atoms with E-state index in [-0.39, 0.29) is 11.6 Å². The van der Waals surface area contributed by atoms with Crippen molar-refractivity contribution in [2.45, 2.75) is 6.92 Å². The van der Waals surface area contributed by atoms with Crippen molar-refractivity contribution in [1.29, 1.82) is 0 Å². The molecule has 0 aliphatic heterocycles. The van der Waals surface area contributed by atoms with Crippen LogP contribution in [0.4, 0.5) is 16.2 Å². The molecule has 0 bridgehead atoms. The number of anilines is 2. The number of hydrogen-bond acceptors (Lipinski definition) is 2. The van der Waals surface area contributed by atoms with Crippen LogP contribution in [-0.2, 0) is 0 Å². The predicted octanol–water partition coefficient (Wildman–Crippen LogP) is 4.10. The average Bonchev–Trinajstić information content (AvgIpc) is 2.40. The van der Waals surface area contributed by atoms with Crippen LogP contribution in [0.25, 0.3) is 0 Å². The Morgan fingerprint density at radius 2 is 1.86 bits per heavy atom. The molecule has 0 aromatic heterocycles. The lowest BCUT2D eigenvalue weighted by molar-refractivity contribution is 0.0697. The lowest BCUT2D eigenvalue weighted by Gasteiger charge is -2.10. The number of carboxylic acid groups (broad SMARTS) is 1. The molecule has 21 heavy (non-hydrogen) atoms. The Morgan fingerprint density at radius 1 is 1.10 bits per heavy atom. The molecule has 0 aliphatic rings. The van der Waals surface area contributed by atoms with Gasteiger partial charge in [-0.25, -0.2) is 9.59 Å². The highest BCUT2D eigenvalue weighted by Gasteiger charge is 2.08.